The molecule has 0 aromatic heterocycles. The van der Waals surface area contributed by atoms with E-state index in [1.54, 1.807) is 12.1 Å². The van der Waals surface area contributed by atoms with Crippen LogP contribution < -0.4 is 0 Å². The molecule has 1 aromatic rings. The van der Waals surface area contributed by atoms with Crippen LogP contribution in [0.4, 0.5) is 0 Å². The van der Waals surface area contributed by atoms with Crippen LogP contribution in [0.1, 0.15) is 18.4 Å². The largest absolute Gasteiger partial charge is 0.373 e. The van der Waals surface area contributed by atoms with Gasteiger partial charge >= 0.3 is 10.1 Å². The van der Waals surface area contributed by atoms with Gasteiger partial charge in [-0.2, -0.15) is 8.42 Å². The van der Waals surface area contributed by atoms with Crippen LogP contribution in [0, 0.1) is 18.8 Å². The predicted molar refractivity (Wildman–Crippen MR) is 76.2 cm³/mol. The molecule has 0 radical (unpaired) electrons. The second kappa shape index (κ2) is 4.86. The van der Waals surface area contributed by atoms with Crippen molar-refractivity contribution < 1.29 is 27.0 Å². The zero-order valence-corrected chi connectivity index (χ0v) is 13.2. The van der Waals surface area contributed by atoms with E-state index in [2.05, 4.69) is 0 Å². The van der Waals surface area contributed by atoms with E-state index in [-0.39, 0.29) is 17.1 Å². The predicted octanol–water partition coefficient (Wildman–Crippen LogP) is 0.778. The standard InChI is InChI=1S/C15H15NO6S/c1-8-2-4-9(5-3-8)23(19,20)22-16-14(17)12-10-6-7-11(21-10)13(12)15(16)18/h2-5,10-13H,6-7H2,1H3/t10-,11+,12-,13-/m0/s1. The first-order valence-corrected chi connectivity index (χ1v) is 8.84. The van der Waals surface area contributed by atoms with Gasteiger partial charge in [-0.1, -0.05) is 17.7 Å². The Kier molecular flexibility index (Phi) is 3.13. The molecule has 3 heterocycles. The molecule has 0 unspecified atom stereocenters. The van der Waals surface area contributed by atoms with Gasteiger partial charge in [0.15, 0.2) is 0 Å². The van der Waals surface area contributed by atoms with Gasteiger partial charge in [0.25, 0.3) is 11.8 Å². The topological polar surface area (TPSA) is 90.0 Å². The molecular weight excluding hydrogens is 322 g/mol. The summed E-state index contributed by atoms with van der Waals surface area (Å²) in [6, 6.07) is 5.99. The molecule has 1 aromatic carbocycles. The van der Waals surface area contributed by atoms with Crippen LogP contribution >= 0.6 is 0 Å². The molecule has 3 aliphatic heterocycles. The summed E-state index contributed by atoms with van der Waals surface area (Å²) in [6.07, 6.45) is 0.807. The van der Waals surface area contributed by atoms with Gasteiger partial charge in [0.05, 0.1) is 28.9 Å². The molecular formula is C15H15NO6S. The first-order valence-electron chi connectivity index (χ1n) is 7.43. The van der Waals surface area contributed by atoms with Crippen LogP contribution in [0.25, 0.3) is 0 Å². The maximum absolute atomic E-state index is 12.4. The summed E-state index contributed by atoms with van der Waals surface area (Å²) in [5.74, 6) is -2.48. The van der Waals surface area contributed by atoms with Crippen LogP contribution in [-0.2, 0) is 28.7 Å². The quantitative estimate of drug-likeness (QED) is 0.757. The summed E-state index contributed by atoms with van der Waals surface area (Å²) in [5.41, 5.74) is 0.889. The normalized spacial score (nSPS) is 32.7. The number of ether oxygens (including phenoxy) is 1. The number of carbonyl (C=O) groups is 2. The van der Waals surface area contributed by atoms with Crippen molar-refractivity contribution in [2.24, 2.45) is 11.8 Å². The first-order chi connectivity index (χ1) is 10.9. The molecule has 0 N–H and O–H groups in total. The van der Waals surface area contributed by atoms with E-state index >= 15 is 0 Å². The summed E-state index contributed by atoms with van der Waals surface area (Å²) in [7, 11) is -4.23. The summed E-state index contributed by atoms with van der Waals surface area (Å²) in [5, 5.41) is 0.415. The molecule has 8 heteroatoms. The number of rotatable bonds is 3. The average Bonchev–Trinajstić information content (AvgIpc) is 3.17. The summed E-state index contributed by atoms with van der Waals surface area (Å²) >= 11 is 0. The van der Waals surface area contributed by atoms with Gasteiger partial charge in [0.2, 0.25) is 0 Å². The fourth-order valence-corrected chi connectivity index (χ4v) is 4.50. The Morgan fingerprint density at radius 3 is 2.09 bits per heavy atom. The minimum absolute atomic E-state index is 0.0972. The van der Waals surface area contributed by atoms with Crippen molar-refractivity contribution in [3.8, 4) is 0 Å². The lowest BCUT2D eigenvalue weighted by molar-refractivity contribution is -0.168. The van der Waals surface area contributed by atoms with Crippen molar-refractivity contribution in [3.63, 3.8) is 0 Å². The van der Waals surface area contributed by atoms with Gasteiger partial charge in [0.1, 0.15) is 0 Å². The lowest BCUT2D eigenvalue weighted by Gasteiger charge is -2.16. The van der Waals surface area contributed by atoms with Crippen molar-refractivity contribution in [1.82, 2.24) is 5.06 Å². The van der Waals surface area contributed by atoms with Crippen LogP contribution in [0.3, 0.4) is 0 Å². The van der Waals surface area contributed by atoms with Crippen LogP contribution in [0.5, 0.6) is 0 Å². The zero-order chi connectivity index (χ0) is 16.4. The minimum atomic E-state index is -4.23. The van der Waals surface area contributed by atoms with Gasteiger partial charge in [-0.3, -0.25) is 9.59 Å². The summed E-state index contributed by atoms with van der Waals surface area (Å²) in [6.45, 7) is 1.82. The van der Waals surface area contributed by atoms with E-state index in [0.29, 0.717) is 17.9 Å². The van der Waals surface area contributed by atoms with Crippen LogP contribution in [-0.4, -0.2) is 37.5 Å². The minimum Gasteiger partial charge on any atom is -0.373 e. The fraction of sp³-hybridized carbons (Fsp3) is 0.467. The van der Waals surface area contributed by atoms with E-state index in [1.165, 1.54) is 12.1 Å². The number of hydrogen-bond acceptors (Lipinski definition) is 6. The number of nitrogens with zero attached hydrogens (tertiary/aromatic N) is 1. The molecule has 4 rings (SSSR count). The third-order valence-corrected chi connectivity index (χ3v) is 5.92. The van der Waals surface area contributed by atoms with Gasteiger partial charge in [-0.15, -0.1) is 9.35 Å². The van der Waals surface area contributed by atoms with E-state index in [1.807, 2.05) is 6.92 Å². The first kappa shape index (κ1) is 14.8. The molecule has 4 atom stereocenters. The van der Waals surface area contributed by atoms with E-state index < -0.39 is 33.8 Å². The Morgan fingerprint density at radius 1 is 1.04 bits per heavy atom. The number of carbonyl (C=O) groups excluding carboxylic acids is 2. The van der Waals surface area contributed by atoms with Crippen LogP contribution in [0.15, 0.2) is 29.2 Å². The fourth-order valence-electron chi connectivity index (χ4n) is 3.60. The Bertz CT molecular complexity index is 759. The second-order valence-electron chi connectivity index (χ2n) is 6.15. The molecule has 3 aliphatic rings. The second-order valence-corrected chi connectivity index (χ2v) is 7.68. The Morgan fingerprint density at radius 2 is 1.57 bits per heavy atom. The number of benzene rings is 1. The molecule has 2 bridgehead atoms. The summed E-state index contributed by atoms with van der Waals surface area (Å²) in [4.78, 5) is 24.7. The number of amides is 2. The number of hydrogen-bond donors (Lipinski definition) is 0. The van der Waals surface area contributed by atoms with Crippen molar-refractivity contribution in [3.05, 3.63) is 29.8 Å². The van der Waals surface area contributed by atoms with Gasteiger partial charge in [-0.25, -0.2) is 0 Å². The smallest absolute Gasteiger partial charge is 0.318 e. The van der Waals surface area contributed by atoms with E-state index in [0.717, 1.165) is 5.56 Å². The van der Waals surface area contributed by atoms with Gasteiger partial charge in [-0.05, 0) is 31.9 Å². The number of imide groups is 1. The molecule has 7 nitrogen and oxygen atoms in total. The van der Waals surface area contributed by atoms with Crippen molar-refractivity contribution in [2.75, 3.05) is 0 Å². The SMILES string of the molecule is Cc1ccc(S(=O)(=O)ON2C(=O)[C@@H]3[C@@H](C2=O)[C@H]2CC[C@@H]3O2)cc1. The van der Waals surface area contributed by atoms with Crippen molar-refractivity contribution in [1.29, 1.82) is 0 Å². The maximum atomic E-state index is 12.4. The third-order valence-electron chi connectivity index (χ3n) is 4.73. The average molecular weight is 337 g/mol. The Labute approximate surface area is 133 Å². The highest BCUT2D eigenvalue weighted by molar-refractivity contribution is 7.86. The number of fused-ring (bicyclic) bond motifs is 5. The molecule has 3 saturated heterocycles. The monoisotopic (exact) mass is 337 g/mol. The van der Waals surface area contributed by atoms with Gasteiger partial charge in [0, 0.05) is 0 Å². The van der Waals surface area contributed by atoms with E-state index in [4.69, 9.17) is 9.02 Å². The lowest BCUT2D eigenvalue weighted by atomic mass is 9.81. The number of hydroxylamine groups is 2. The highest BCUT2D eigenvalue weighted by Crippen LogP contribution is 2.48. The molecule has 23 heavy (non-hydrogen) atoms. The Balaban J connectivity index is 1.61. The van der Waals surface area contributed by atoms with Crippen LogP contribution in [0.2, 0.25) is 0 Å². The zero-order valence-electron chi connectivity index (χ0n) is 12.3. The molecule has 0 saturated carbocycles. The van der Waals surface area contributed by atoms with Gasteiger partial charge < -0.3 is 4.74 Å². The molecule has 2 amide bonds. The van der Waals surface area contributed by atoms with Crippen molar-refractivity contribution in [2.45, 2.75) is 36.9 Å². The summed E-state index contributed by atoms with van der Waals surface area (Å²) < 4.78 is 35.0. The molecule has 3 fully saturated rings. The molecule has 0 aliphatic carbocycles. The highest BCUT2D eigenvalue weighted by atomic mass is 32.2. The number of aryl methyl sites for hydroxylation is 1. The Hall–Kier alpha value is -1.77. The lowest BCUT2D eigenvalue weighted by Crippen LogP contribution is -2.36. The maximum Gasteiger partial charge on any atom is 0.318 e. The van der Waals surface area contributed by atoms with Crippen molar-refractivity contribution >= 4 is 21.9 Å². The van der Waals surface area contributed by atoms with E-state index in [9.17, 15) is 18.0 Å². The third kappa shape index (κ3) is 2.13. The molecule has 0 spiro atoms. The molecule has 122 valence electrons. The highest BCUT2D eigenvalue weighted by Gasteiger charge is 2.63.